The summed E-state index contributed by atoms with van der Waals surface area (Å²) in [5.74, 6) is 0. The average Bonchev–Trinajstić information content (AvgIpc) is 2.07. The lowest BCUT2D eigenvalue weighted by Crippen LogP contribution is -2.45. The Kier molecular flexibility index (Phi) is 4.50. The number of nitrogens with one attached hydrogen (secondary N) is 2. The van der Waals surface area contributed by atoms with Gasteiger partial charge in [-0.15, -0.1) is 0 Å². The molecule has 1 rings (SSSR count). The van der Waals surface area contributed by atoms with Crippen LogP contribution in [0.4, 0.5) is 0 Å². The van der Waals surface area contributed by atoms with Crippen molar-refractivity contribution in [2.75, 3.05) is 45.8 Å². The molecule has 1 aliphatic heterocycles. The molecule has 1 aliphatic rings. The summed E-state index contributed by atoms with van der Waals surface area (Å²) in [6, 6.07) is 0. The highest BCUT2D eigenvalue weighted by atomic mass is 15.2. The third-order valence-electron chi connectivity index (χ3n) is 2.06. The van der Waals surface area contributed by atoms with Gasteiger partial charge < -0.3 is 10.6 Å². The second kappa shape index (κ2) is 5.52. The van der Waals surface area contributed by atoms with Gasteiger partial charge in [-0.3, -0.25) is 4.90 Å². The first kappa shape index (κ1) is 8.97. The molecule has 0 unspecified atom stereocenters. The number of hydrogen-bond acceptors (Lipinski definition) is 3. The van der Waals surface area contributed by atoms with E-state index in [9.17, 15) is 0 Å². The van der Waals surface area contributed by atoms with Gasteiger partial charge in [-0.2, -0.15) is 0 Å². The molecule has 0 aliphatic carbocycles. The van der Waals surface area contributed by atoms with Crippen LogP contribution < -0.4 is 10.6 Å². The lowest BCUT2D eigenvalue weighted by atomic mass is 10.3. The zero-order chi connectivity index (χ0) is 7.94. The SMILES string of the molecule is CCNCCN1CCNCC1.[HH]. The van der Waals surface area contributed by atoms with Crippen molar-refractivity contribution >= 4 is 0 Å². The molecule has 0 radical (unpaired) electrons. The fraction of sp³-hybridized carbons (Fsp3) is 1.00. The van der Waals surface area contributed by atoms with Gasteiger partial charge in [-0.1, -0.05) is 6.92 Å². The average molecular weight is 159 g/mol. The predicted octanol–water partition coefficient (Wildman–Crippen LogP) is -0.253. The molecule has 0 amide bonds. The molecule has 68 valence electrons. The summed E-state index contributed by atoms with van der Waals surface area (Å²) in [6.07, 6.45) is 0. The van der Waals surface area contributed by atoms with Gasteiger partial charge in [-0.25, -0.2) is 0 Å². The van der Waals surface area contributed by atoms with Crippen molar-refractivity contribution in [3.05, 3.63) is 0 Å². The van der Waals surface area contributed by atoms with E-state index in [0.29, 0.717) is 0 Å². The maximum absolute atomic E-state index is 3.34. The van der Waals surface area contributed by atoms with Crippen molar-refractivity contribution < 1.29 is 1.43 Å². The first-order valence-corrected chi connectivity index (χ1v) is 4.57. The third-order valence-corrected chi connectivity index (χ3v) is 2.06. The van der Waals surface area contributed by atoms with E-state index in [1.165, 1.54) is 19.6 Å². The molecule has 0 aromatic rings. The van der Waals surface area contributed by atoms with Gasteiger partial charge in [0.05, 0.1) is 0 Å². The van der Waals surface area contributed by atoms with Crippen LogP contribution in [-0.4, -0.2) is 50.7 Å². The molecule has 3 heteroatoms. The lowest BCUT2D eigenvalue weighted by molar-refractivity contribution is 0.242. The highest BCUT2D eigenvalue weighted by Crippen LogP contribution is 1.89. The molecular formula is C8H21N3. The first-order valence-electron chi connectivity index (χ1n) is 4.57. The van der Waals surface area contributed by atoms with Crippen LogP contribution in [-0.2, 0) is 0 Å². The van der Waals surface area contributed by atoms with E-state index in [0.717, 1.165) is 26.2 Å². The van der Waals surface area contributed by atoms with E-state index in [2.05, 4.69) is 22.5 Å². The van der Waals surface area contributed by atoms with Crippen molar-refractivity contribution in [3.8, 4) is 0 Å². The van der Waals surface area contributed by atoms with Crippen molar-refractivity contribution in [2.45, 2.75) is 6.92 Å². The summed E-state index contributed by atoms with van der Waals surface area (Å²) >= 11 is 0. The fourth-order valence-electron chi connectivity index (χ4n) is 1.35. The van der Waals surface area contributed by atoms with Crippen LogP contribution in [0.2, 0.25) is 0 Å². The number of rotatable bonds is 4. The van der Waals surface area contributed by atoms with Crippen LogP contribution in [0.1, 0.15) is 8.35 Å². The first-order chi connectivity index (χ1) is 5.43. The monoisotopic (exact) mass is 159 g/mol. The van der Waals surface area contributed by atoms with E-state index in [1.54, 1.807) is 0 Å². The number of piperazine rings is 1. The Balaban J connectivity index is 0.00000121. The van der Waals surface area contributed by atoms with E-state index in [4.69, 9.17) is 0 Å². The van der Waals surface area contributed by atoms with Crippen molar-refractivity contribution in [1.29, 1.82) is 0 Å². The Labute approximate surface area is 70.6 Å². The highest BCUT2D eigenvalue weighted by molar-refractivity contribution is 4.67. The van der Waals surface area contributed by atoms with Crippen LogP contribution >= 0.6 is 0 Å². The predicted molar refractivity (Wildman–Crippen MR) is 50.0 cm³/mol. The van der Waals surface area contributed by atoms with E-state index in [-0.39, 0.29) is 1.43 Å². The quantitative estimate of drug-likeness (QED) is 0.554. The Morgan fingerprint density at radius 1 is 1.45 bits per heavy atom. The summed E-state index contributed by atoms with van der Waals surface area (Å²) in [7, 11) is 0. The Bertz CT molecular complexity index is 94.3. The smallest absolute Gasteiger partial charge is 0.0108 e. The Morgan fingerprint density at radius 2 is 2.18 bits per heavy atom. The van der Waals surface area contributed by atoms with E-state index < -0.39 is 0 Å². The van der Waals surface area contributed by atoms with Crippen LogP contribution in [0.15, 0.2) is 0 Å². The molecule has 1 fully saturated rings. The van der Waals surface area contributed by atoms with Gasteiger partial charge >= 0.3 is 0 Å². The third kappa shape index (κ3) is 3.70. The van der Waals surface area contributed by atoms with Crippen molar-refractivity contribution in [1.82, 2.24) is 15.5 Å². The maximum Gasteiger partial charge on any atom is 0.0108 e. The number of likely N-dealkylation sites (N-methyl/N-ethyl adjacent to an activating group) is 1. The Hall–Kier alpha value is -0.120. The number of hydrogen-bond donors (Lipinski definition) is 2. The van der Waals surface area contributed by atoms with Gasteiger partial charge in [0.2, 0.25) is 0 Å². The summed E-state index contributed by atoms with van der Waals surface area (Å²) in [5.41, 5.74) is 0. The molecule has 1 heterocycles. The zero-order valence-corrected chi connectivity index (χ0v) is 7.40. The van der Waals surface area contributed by atoms with Gasteiger partial charge in [-0.05, 0) is 6.54 Å². The summed E-state index contributed by atoms with van der Waals surface area (Å²) in [5, 5.41) is 6.68. The standard InChI is InChI=1S/C8H19N3.H2/c1-2-9-3-6-11-7-4-10-5-8-11;/h9-10H,2-8H2,1H3;1H. The van der Waals surface area contributed by atoms with Gasteiger partial charge in [0.25, 0.3) is 0 Å². The maximum atomic E-state index is 3.34. The molecule has 0 bridgehead atoms. The van der Waals surface area contributed by atoms with Gasteiger partial charge in [0, 0.05) is 40.7 Å². The topological polar surface area (TPSA) is 27.3 Å². The molecule has 0 aromatic carbocycles. The van der Waals surface area contributed by atoms with Crippen LogP contribution in [0.25, 0.3) is 0 Å². The van der Waals surface area contributed by atoms with E-state index >= 15 is 0 Å². The van der Waals surface area contributed by atoms with Crippen molar-refractivity contribution in [3.63, 3.8) is 0 Å². The Morgan fingerprint density at radius 3 is 2.82 bits per heavy atom. The minimum atomic E-state index is 0. The minimum absolute atomic E-state index is 0. The molecule has 3 nitrogen and oxygen atoms in total. The molecule has 2 N–H and O–H groups in total. The molecular weight excluding hydrogens is 138 g/mol. The molecule has 0 saturated carbocycles. The lowest BCUT2D eigenvalue weighted by Gasteiger charge is -2.26. The second-order valence-corrected chi connectivity index (χ2v) is 2.95. The molecule has 0 spiro atoms. The van der Waals surface area contributed by atoms with Crippen molar-refractivity contribution in [2.24, 2.45) is 0 Å². The van der Waals surface area contributed by atoms with Gasteiger partial charge in [0.15, 0.2) is 0 Å². The second-order valence-electron chi connectivity index (χ2n) is 2.95. The largest absolute Gasteiger partial charge is 0.316 e. The summed E-state index contributed by atoms with van der Waals surface area (Å²) in [4.78, 5) is 2.50. The molecule has 1 saturated heterocycles. The number of nitrogens with zero attached hydrogens (tertiary/aromatic N) is 1. The zero-order valence-electron chi connectivity index (χ0n) is 7.40. The highest BCUT2D eigenvalue weighted by Gasteiger charge is 2.07. The van der Waals surface area contributed by atoms with E-state index in [1.807, 2.05) is 0 Å². The molecule has 0 atom stereocenters. The summed E-state index contributed by atoms with van der Waals surface area (Å²) in [6.45, 7) is 10.3. The molecule has 0 aromatic heterocycles. The normalized spacial score (nSPS) is 20.5. The fourth-order valence-corrected chi connectivity index (χ4v) is 1.35. The van der Waals surface area contributed by atoms with Crippen LogP contribution in [0, 0.1) is 0 Å². The van der Waals surface area contributed by atoms with Crippen LogP contribution in [0.3, 0.4) is 0 Å². The van der Waals surface area contributed by atoms with Crippen LogP contribution in [0.5, 0.6) is 0 Å². The minimum Gasteiger partial charge on any atom is -0.316 e. The molecule has 11 heavy (non-hydrogen) atoms. The van der Waals surface area contributed by atoms with Gasteiger partial charge in [0.1, 0.15) is 0 Å². The summed E-state index contributed by atoms with van der Waals surface area (Å²) < 4.78 is 0.